The van der Waals surface area contributed by atoms with Crippen molar-refractivity contribution in [3.8, 4) is 11.4 Å². The van der Waals surface area contributed by atoms with Crippen LogP contribution in [0.2, 0.25) is 0 Å². The van der Waals surface area contributed by atoms with Gasteiger partial charge in [0.1, 0.15) is 0 Å². The van der Waals surface area contributed by atoms with Crippen LogP contribution in [0.3, 0.4) is 0 Å². The Bertz CT molecular complexity index is 834. The molecule has 1 aromatic heterocycles. The quantitative estimate of drug-likeness (QED) is 0.788. The van der Waals surface area contributed by atoms with Crippen molar-refractivity contribution in [2.75, 3.05) is 5.73 Å². The molecule has 0 bridgehead atoms. The van der Waals surface area contributed by atoms with E-state index in [1.165, 1.54) is 0 Å². The highest BCUT2D eigenvalue weighted by Gasteiger charge is 2.17. The first-order chi connectivity index (χ1) is 10.6. The van der Waals surface area contributed by atoms with E-state index in [2.05, 4.69) is 10.1 Å². The van der Waals surface area contributed by atoms with Gasteiger partial charge in [-0.1, -0.05) is 48.0 Å². The standard InChI is InChI=1S/C17H16N4O/c1-11-7-9-13(10-8-11)15-19-17(18)21(20-15)16(22)14-6-4-3-5-12(14)2/h3-10H,1-2H3,(H2,18,19,20). The first-order valence-corrected chi connectivity index (χ1v) is 6.96. The predicted molar refractivity (Wildman–Crippen MR) is 85.5 cm³/mol. The highest BCUT2D eigenvalue weighted by atomic mass is 16.2. The van der Waals surface area contributed by atoms with Crippen LogP contribution in [-0.2, 0) is 0 Å². The van der Waals surface area contributed by atoms with Crippen LogP contribution in [-0.4, -0.2) is 20.7 Å². The summed E-state index contributed by atoms with van der Waals surface area (Å²) in [5.41, 5.74) is 9.28. The van der Waals surface area contributed by atoms with Crippen LogP contribution < -0.4 is 5.73 Å². The third-order valence-electron chi connectivity index (χ3n) is 3.51. The normalized spacial score (nSPS) is 10.6. The van der Waals surface area contributed by atoms with Gasteiger partial charge in [-0.3, -0.25) is 4.79 Å². The molecule has 2 N–H and O–H groups in total. The van der Waals surface area contributed by atoms with Gasteiger partial charge in [-0.15, -0.1) is 5.10 Å². The van der Waals surface area contributed by atoms with E-state index in [0.29, 0.717) is 11.4 Å². The fourth-order valence-electron chi connectivity index (χ4n) is 2.23. The molecule has 0 atom stereocenters. The maximum Gasteiger partial charge on any atom is 0.281 e. The number of nitrogen functional groups attached to an aromatic ring is 1. The molecule has 0 unspecified atom stereocenters. The highest BCUT2D eigenvalue weighted by molar-refractivity contribution is 5.98. The number of anilines is 1. The van der Waals surface area contributed by atoms with Crippen molar-refractivity contribution in [2.24, 2.45) is 0 Å². The summed E-state index contributed by atoms with van der Waals surface area (Å²) in [7, 11) is 0. The molecule has 0 radical (unpaired) electrons. The Morgan fingerprint density at radius 3 is 2.41 bits per heavy atom. The lowest BCUT2D eigenvalue weighted by Gasteiger charge is -2.04. The highest BCUT2D eigenvalue weighted by Crippen LogP contribution is 2.18. The Morgan fingerprint density at radius 1 is 1.05 bits per heavy atom. The third kappa shape index (κ3) is 2.48. The number of aryl methyl sites for hydroxylation is 2. The van der Waals surface area contributed by atoms with Gasteiger partial charge < -0.3 is 5.73 Å². The summed E-state index contributed by atoms with van der Waals surface area (Å²) in [6.45, 7) is 3.88. The zero-order valence-electron chi connectivity index (χ0n) is 12.4. The molecule has 5 nitrogen and oxygen atoms in total. The van der Waals surface area contributed by atoms with Gasteiger partial charge in [0.2, 0.25) is 5.95 Å². The second-order valence-electron chi connectivity index (χ2n) is 5.19. The number of nitrogens with zero attached hydrogens (tertiary/aromatic N) is 3. The lowest BCUT2D eigenvalue weighted by molar-refractivity contribution is 0.0947. The van der Waals surface area contributed by atoms with Crippen LogP contribution in [0.25, 0.3) is 11.4 Å². The Labute approximate surface area is 128 Å². The average Bonchev–Trinajstić information content (AvgIpc) is 2.90. The minimum Gasteiger partial charge on any atom is -0.368 e. The SMILES string of the molecule is Cc1ccc(-c2nc(N)n(C(=O)c3ccccc3C)n2)cc1. The molecule has 2 aromatic carbocycles. The van der Waals surface area contributed by atoms with Crippen molar-refractivity contribution < 1.29 is 4.79 Å². The van der Waals surface area contributed by atoms with E-state index in [0.717, 1.165) is 21.4 Å². The number of carbonyl (C=O) groups is 1. The summed E-state index contributed by atoms with van der Waals surface area (Å²) in [5.74, 6) is 0.254. The van der Waals surface area contributed by atoms with Crippen molar-refractivity contribution in [1.29, 1.82) is 0 Å². The average molecular weight is 292 g/mol. The number of hydrogen-bond donors (Lipinski definition) is 1. The predicted octanol–water partition coefficient (Wildman–Crippen LogP) is 2.83. The van der Waals surface area contributed by atoms with E-state index in [4.69, 9.17) is 5.73 Å². The fraction of sp³-hybridized carbons (Fsp3) is 0.118. The number of hydrogen-bond acceptors (Lipinski definition) is 4. The van der Waals surface area contributed by atoms with Crippen molar-refractivity contribution in [3.63, 3.8) is 0 Å². The molecule has 0 aliphatic rings. The van der Waals surface area contributed by atoms with Gasteiger partial charge in [-0.25, -0.2) is 0 Å². The van der Waals surface area contributed by atoms with Gasteiger partial charge in [0, 0.05) is 11.1 Å². The molecule has 1 heterocycles. The molecule has 3 aromatic rings. The van der Waals surface area contributed by atoms with E-state index in [9.17, 15) is 4.79 Å². The summed E-state index contributed by atoms with van der Waals surface area (Å²) >= 11 is 0. The van der Waals surface area contributed by atoms with Gasteiger partial charge in [-0.05, 0) is 25.5 Å². The molecule has 0 saturated carbocycles. The van der Waals surface area contributed by atoms with Gasteiger partial charge >= 0.3 is 0 Å². The lowest BCUT2D eigenvalue weighted by Crippen LogP contribution is -2.17. The van der Waals surface area contributed by atoms with Crippen LogP contribution in [0, 0.1) is 13.8 Å². The maximum absolute atomic E-state index is 12.6. The number of nitrogens with two attached hydrogens (primary N) is 1. The Hall–Kier alpha value is -2.95. The van der Waals surface area contributed by atoms with Gasteiger partial charge in [0.25, 0.3) is 5.91 Å². The van der Waals surface area contributed by atoms with E-state index < -0.39 is 0 Å². The van der Waals surface area contributed by atoms with E-state index in [-0.39, 0.29) is 11.9 Å². The largest absolute Gasteiger partial charge is 0.368 e. The minimum absolute atomic E-state index is 0.0869. The van der Waals surface area contributed by atoms with Crippen LogP contribution in [0.15, 0.2) is 48.5 Å². The van der Waals surface area contributed by atoms with Crippen molar-refractivity contribution in [2.45, 2.75) is 13.8 Å². The second-order valence-corrected chi connectivity index (χ2v) is 5.19. The second kappa shape index (κ2) is 5.44. The monoisotopic (exact) mass is 292 g/mol. The first kappa shape index (κ1) is 14.0. The Kier molecular flexibility index (Phi) is 3.47. The molecule has 0 spiro atoms. The maximum atomic E-state index is 12.6. The minimum atomic E-state index is -0.276. The smallest absolute Gasteiger partial charge is 0.281 e. The Balaban J connectivity index is 2.01. The van der Waals surface area contributed by atoms with E-state index in [1.54, 1.807) is 6.07 Å². The molecule has 0 amide bonds. The summed E-state index contributed by atoms with van der Waals surface area (Å²) in [6.07, 6.45) is 0. The van der Waals surface area contributed by atoms with Crippen molar-refractivity contribution in [1.82, 2.24) is 14.8 Å². The molecule has 3 rings (SSSR count). The Morgan fingerprint density at radius 2 is 1.73 bits per heavy atom. The molecular formula is C17H16N4O. The fourth-order valence-corrected chi connectivity index (χ4v) is 2.23. The molecular weight excluding hydrogens is 276 g/mol. The topological polar surface area (TPSA) is 73.8 Å². The summed E-state index contributed by atoms with van der Waals surface area (Å²) < 4.78 is 1.15. The summed E-state index contributed by atoms with van der Waals surface area (Å²) in [5, 5.41) is 4.26. The number of rotatable bonds is 2. The number of benzene rings is 2. The third-order valence-corrected chi connectivity index (χ3v) is 3.51. The molecule has 0 aliphatic heterocycles. The van der Waals surface area contributed by atoms with Gasteiger partial charge in [-0.2, -0.15) is 9.67 Å². The molecule has 0 fully saturated rings. The number of aromatic nitrogens is 3. The first-order valence-electron chi connectivity index (χ1n) is 6.96. The zero-order valence-corrected chi connectivity index (χ0v) is 12.4. The van der Waals surface area contributed by atoms with Crippen molar-refractivity contribution >= 4 is 11.9 Å². The molecule has 22 heavy (non-hydrogen) atoms. The number of carbonyl (C=O) groups excluding carboxylic acids is 1. The van der Waals surface area contributed by atoms with Gasteiger partial charge in [0.15, 0.2) is 5.82 Å². The molecule has 5 heteroatoms. The lowest BCUT2D eigenvalue weighted by atomic mass is 10.1. The summed E-state index contributed by atoms with van der Waals surface area (Å²) in [4.78, 5) is 16.8. The molecule has 110 valence electrons. The summed E-state index contributed by atoms with van der Waals surface area (Å²) in [6, 6.07) is 15.1. The zero-order chi connectivity index (χ0) is 15.7. The molecule has 0 aliphatic carbocycles. The molecule has 0 saturated heterocycles. The van der Waals surface area contributed by atoms with Crippen LogP contribution in [0.1, 0.15) is 21.5 Å². The van der Waals surface area contributed by atoms with Crippen LogP contribution in [0.4, 0.5) is 5.95 Å². The van der Waals surface area contributed by atoms with Crippen molar-refractivity contribution in [3.05, 3.63) is 65.2 Å². The van der Waals surface area contributed by atoms with Gasteiger partial charge in [0.05, 0.1) is 0 Å². The van der Waals surface area contributed by atoms with Crippen LogP contribution >= 0.6 is 0 Å². The van der Waals surface area contributed by atoms with E-state index >= 15 is 0 Å². The van der Waals surface area contributed by atoms with E-state index in [1.807, 2.05) is 56.3 Å². The van der Waals surface area contributed by atoms with Crippen LogP contribution in [0.5, 0.6) is 0 Å².